The molecule has 1 heterocycles. The van der Waals surface area contributed by atoms with Crippen LogP contribution in [-0.2, 0) is 9.53 Å². The van der Waals surface area contributed by atoms with Crippen LogP contribution in [0.4, 0.5) is 0 Å². The van der Waals surface area contributed by atoms with Gasteiger partial charge in [0.1, 0.15) is 22.6 Å². The van der Waals surface area contributed by atoms with E-state index in [4.69, 9.17) is 18.6 Å². The standard InChI is InChI=1S/C20H15BrO7/c1-2-25-19(23)16-9-12-3-6-15(10-17(12)28-20(16)24)27-18(22)11-26-14-7-4-13(21)5-8-14/h3-10H,2,11H2,1H3. The van der Waals surface area contributed by atoms with Crippen LogP contribution in [0.15, 0.2) is 62.2 Å². The Bertz CT molecular complexity index is 1070. The minimum atomic E-state index is -0.826. The lowest BCUT2D eigenvalue weighted by Crippen LogP contribution is -2.18. The number of hydrogen-bond donors (Lipinski definition) is 0. The molecule has 0 bridgehead atoms. The summed E-state index contributed by atoms with van der Waals surface area (Å²) in [7, 11) is 0. The second-order valence-corrected chi connectivity index (χ2v) is 6.50. The van der Waals surface area contributed by atoms with Gasteiger partial charge in [-0.05, 0) is 49.4 Å². The van der Waals surface area contributed by atoms with Crippen LogP contribution in [0.1, 0.15) is 17.3 Å². The predicted octanol–water partition coefficient (Wildman–Crippen LogP) is 3.72. The van der Waals surface area contributed by atoms with Gasteiger partial charge in [-0.2, -0.15) is 0 Å². The zero-order chi connectivity index (χ0) is 20.1. The SMILES string of the molecule is CCOC(=O)c1cc2ccc(OC(=O)COc3ccc(Br)cc3)cc2oc1=O. The molecule has 0 saturated heterocycles. The fourth-order valence-electron chi connectivity index (χ4n) is 2.34. The summed E-state index contributed by atoms with van der Waals surface area (Å²) in [5.41, 5.74) is -0.841. The Kier molecular flexibility index (Phi) is 6.10. The molecule has 0 saturated carbocycles. The van der Waals surface area contributed by atoms with Gasteiger partial charge in [0.15, 0.2) is 6.61 Å². The predicted molar refractivity (Wildman–Crippen MR) is 104 cm³/mol. The average Bonchev–Trinajstić information content (AvgIpc) is 2.67. The normalized spacial score (nSPS) is 10.5. The van der Waals surface area contributed by atoms with Crippen LogP contribution in [0.2, 0.25) is 0 Å². The first-order valence-corrected chi connectivity index (χ1v) is 9.09. The summed E-state index contributed by atoms with van der Waals surface area (Å²) in [5.74, 6) is -0.661. The van der Waals surface area contributed by atoms with Crippen LogP contribution in [0.25, 0.3) is 11.0 Å². The molecule has 1 aromatic heterocycles. The van der Waals surface area contributed by atoms with Gasteiger partial charge >= 0.3 is 17.6 Å². The Morgan fingerprint density at radius 1 is 1.04 bits per heavy atom. The fraction of sp³-hybridized carbons (Fsp3) is 0.150. The van der Waals surface area contributed by atoms with Crippen molar-refractivity contribution in [3.63, 3.8) is 0 Å². The minimum Gasteiger partial charge on any atom is -0.482 e. The van der Waals surface area contributed by atoms with E-state index in [1.54, 1.807) is 37.3 Å². The summed E-state index contributed by atoms with van der Waals surface area (Å²) in [6.07, 6.45) is 0. The number of benzene rings is 2. The summed E-state index contributed by atoms with van der Waals surface area (Å²) in [5, 5.41) is 0.494. The Labute approximate surface area is 167 Å². The summed E-state index contributed by atoms with van der Waals surface area (Å²) in [4.78, 5) is 35.7. The lowest BCUT2D eigenvalue weighted by Gasteiger charge is -2.08. The first-order valence-electron chi connectivity index (χ1n) is 8.30. The van der Waals surface area contributed by atoms with Crippen molar-refractivity contribution < 1.29 is 28.2 Å². The maximum Gasteiger partial charge on any atom is 0.351 e. The number of fused-ring (bicyclic) bond motifs is 1. The minimum absolute atomic E-state index is 0.146. The molecule has 0 amide bonds. The Morgan fingerprint density at radius 2 is 1.75 bits per heavy atom. The molecule has 0 N–H and O–H groups in total. The molecule has 8 heteroatoms. The Morgan fingerprint density at radius 3 is 2.46 bits per heavy atom. The van der Waals surface area contributed by atoms with Crippen LogP contribution < -0.4 is 15.1 Å². The number of hydrogen-bond acceptors (Lipinski definition) is 7. The van der Waals surface area contributed by atoms with Crippen LogP contribution in [-0.4, -0.2) is 25.2 Å². The summed E-state index contributed by atoms with van der Waals surface area (Å²) in [6.45, 7) is 1.50. The van der Waals surface area contributed by atoms with E-state index in [9.17, 15) is 14.4 Å². The van der Waals surface area contributed by atoms with Crippen molar-refractivity contribution in [2.75, 3.05) is 13.2 Å². The highest BCUT2D eigenvalue weighted by Crippen LogP contribution is 2.21. The van der Waals surface area contributed by atoms with Crippen molar-refractivity contribution in [3.8, 4) is 11.5 Å². The zero-order valence-corrected chi connectivity index (χ0v) is 16.4. The first-order chi connectivity index (χ1) is 13.5. The Hall–Kier alpha value is -3.13. The lowest BCUT2D eigenvalue weighted by atomic mass is 10.2. The molecule has 0 atom stereocenters. The molecule has 144 valence electrons. The molecule has 7 nitrogen and oxygen atoms in total. The number of ether oxygens (including phenoxy) is 3. The molecule has 0 aliphatic rings. The van der Waals surface area contributed by atoms with Gasteiger partial charge in [-0.25, -0.2) is 14.4 Å². The molecule has 3 aromatic rings. The van der Waals surface area contributed by atoms with Crippen LogP contribution >= 0.6 is 15.9 Å². The van der Waals surface area contributed by atoms with Gasteiger partial charge in [0.2, 0.25) is 0 Å². The Balaban J connectivity index is 1.70. The fourth-order valence-corrected chi connectivity index (χ4v) is 2.60. The van der Waals surface area contributed by atoms with Gasteiger partial charge in [0.05, 0.1) is 6.61 Å². The lowest BCUT2D eigenvalue weighted by molar-refractivity contribution is -0.136. The van der Waals surface area contributed by atoms with Gasteiger partial charge in [-0.15, -0.1) is 0 Å². The molecule has 0 unspecified atom stereocenters. The largest absolute Gasteiger partial charge is 0.482 e. The molecular weight excluding hydrogens is 432 g/mol. The molecule has 0 fully saturated rings. The third-order valence-electron chi connectivity index (χ3n) is 3.60. The average molecular weight is 447 g/mol. The van der Waals surface area contributed by atoms with Crippen molar-refractivity contribution in [3.05, 3.63) is 69.0 Å². The monoisotopic (exact) mass is 446 g/mol. The van der Waals surface area contributed by atoms with Crippen LogP contribution in [0, 0.1) is 0 Å². The van der Waals surface area contributed by atoms with E-state index in [2.05, 4.69) is 15.9 Å². The quantitative estimate of drug-likeness (QED) is 0.323. The van der Waals surface area contributed by atoms with E-state index in [0.29, 0.717) is 11.1 Å². The van der Waals surface area contributed by atoms with Gasteiger partial charge in [0.25, 0.3) is 0 Å². The second-order valence-electron chi connectivity index (χ2n) is 5.58. The van der Waals surface area contributed by atoms with E-state index in [0.717, 1.165) is 4.47 Å². The third kappa shape index (κ3) is 4.77. The summed E-state index contributed by atoms with van der Waals surface area (Å²) >= 11 is 3.31. The van der Waals surface area contributed by atoms with Gasteiger partial charge in [0, 0.05) is 15.9 Å². The molecule has 0 aliphatic heterocycles. The van der Waals surface area contributed by atoms with Crippen molar-refractivity contribution in [1.29, 1.82) is 0 Å². The topological polar surface area (TPSA) is 92.0 Å². The summed E-state index contributed by atoms with van der Waals surface area (Å²) < 4.78 is 21.4. The number of carbonyl (C=O) groups is 2. The van der Waals surface area contributed by atoms with E-state index in [1.165, 1.54) is 18.2 Å². The van der Waals surface area contributed by atoms with Gasteiger partial charge < -0.3 is 18.6 Å². The van der Waals surface area contributed by atoms with E-state index < -0.39 is 17.6 Å². The van der Waals surface area contributed by atoms with Gasteiger partial charge in [-0.3, -0.25) is 0 Å². The first kappa shape index (κ1) is 19.6. The highest BCUT2D eigenvalue weighted by atomic mass is 79.9. The van der Waals surface area contributed by atoms with Crippen molar-refractivity contribution in [2.45, 2.75) is 6.92 Å². The van der Waals surface area contributed by atoms with Crippen LogP contribution in [0.5, 0.6) is 11.5 Å². The summed E-state index contributed by atoms with van der Waals surface area (Å²) in [6, 6.07) is 12.9. The molecule has 28 heavy (non-hydrogen) atoms. The second kappa shape index (κ2) is 8.71. The molecular formula is C20H15BrO7. The maximum atomic E-state index is 12.0. The van der Waals surface area contributed by atoms with Crippen molar-refractivity contribution in [2.24, 2.45) is 0 Å². The molecule has 3 rings (SSSR count). The van der Waals surface area contributed by atoms with Crippen LogP contribution in [0.3, 0.4) is 0 Å². The van der Waals surface area contributed by atoms with E-state index >= 15 is 0 Å². The molecule has 0 radical (unpaired) electrons. The third-order valence-corrected chi connectivity index (χ3v) is 4.13. The zero-order valence-electron chi connectivity index (χ0n) is 14.8. The van der Waals surface area contributed by atoms with Crippen molar-refractivity contribution in [1.82, 2.24) is 0 Å². The number of esters is 2. The van der Waals surface area contributed by atoms with Gasteiger partial charge in [-0.1, -0.05) is 15.9 Å². The van der Waals surface area contributed by atoms with E-state index in [1.807, 2.05) is 0 Å². The molecule has 0 aliphatic carbocycles. The van der Waals surface area contributed by atoms with Crippen molar-refractivity contribution >= 4 is 38.8 Å². The highest BCUT2D eigenvalue weighted by molar-refractivity contribution is 9.10. The van der Waals surface area contributed by atoms with E-state index in [-0.39, 0.29) is 30.1 Å². The number of carbonyl (C=O) groups excluding carboxylic acids is 2. The number of halogens is 1. The highest BCUT2D eigenvalue weighted by Gasteiger charge is 2.15. The molecule has 0 spiro atoms. The smallest absolute Gasteiger partial charge is 0.351 e. The maximum absolute atomic E-state index is 12.0. The molecule has 2 aromatic carbocycles. The number of rotatable bonds is 6.